The van der Waals surface area contributed by atoms with Crippen LogP contribution in [0.4, 0.5) is 0 Å². The van der Waals surface area contributed by atoms with Crippen LogP contribution < -0.4 is 0 Å². The van der Waals surface area contributed by atoms with Crippen LogP contribution in [0.5, 0.6) is 0 Å². The first-order valence-corrected chi connectivity index (χ1v) is 9.66. The molecule has 28 heavy (non-hydrogen) atoms. The quantitative estimate of drug-likeness (QED) is 0.702. The van der Waals surface area contributed by atoms with Crippen LogP contribution in [0.15, 0.2) is 24.3 Å². The van der Waals surface area contributed by atoms with Crippen molar-refractivity contribution in [2.24, 2.45) is 5.92 Å². The number of rotatable bonds is 3. The number of piperidine rings is 1. The molecule has 0 spiro atoms. The van der Waals surface area contributed by atoms with Crippen LogP contribution in [0.3, 0.4) is 0 Å². The molecule has 3 aliphatic rings. The molecule has 0 bridgehead atoms. The van der Waals surface area contributed by atoms with Gasteiger partial charge in [0.2, 0.25) is 11.8 Å². The summed E-state index contributed by atoms with van der Waals surface area (Å²) in [4.78, 5) is 54.6. The number of hydrogen-bond acceptors (Lipinski definition) is 5. The highest BCUT2D eigenvalue weighted by Crippen LogP contribution is 2.24. The molecular formula is C20H23N3O5. The maximum absolute atomic E-state index is 12.6. The molecule has 2 saturated heterocycles. The van der Waals surface area contributed by atoms with Gasteiger partial charge < -0.3 is 14.5 Å². The average Bonchev–Trinajstić information content (AvgIpc) is 2.99. The largest absolute Gasteiger partial charge is 0.378 e. The zero-order valence-electron chi connectivity index (χ0n) is 15.6. The molecule has 2 fully saturated rings. The Balaban J connectivity index is 1.32. The molecule has 0 aromatic heterocycles. The third-order valence-electron chi connectivity index (χ3n) is 5.69. The summed E-state index contributed by atoms with van der Waals surface area (Å²) in [5, 5.41) is 0. The van der Waals surface area contributed by atoms with E-state index >= 15 is 0 Å². The van der Waals surface area contributed by atoms with Crippen molar-refractivity contribution in [3.8, 4) is 0 Å². The Morgan fingerprint density at radius 2 is 1.46 bits per heavy atom. The molecule has 148 valence electrons. The zero-order chi connectivity index (χ0) is 19.7. The number of benzene rings is 1. The van der Waals surface area contributed by atoms with Gasteiger partial charge in [0.05, 0.1) is 24.3 Å². The fourth-order valence-corrected chi connectivity index (χ4v) is 4.04. The van der Waals surface area contributed by atoms with Gasteiger partial charge in [0.1, 0.15) is 6.54 Å². The number of nitrogens with zero attached hydrogens (tertiary/aromatic N) is 3. The molecule has 0 N–H and O–H groups in total. The number of ether oxygens (including phenoxy) is 1. The minimum atomic E-state index is -0.425. The van der Waals surface area contributed by atoms with Crippen LogP contribution in [0.2, 0.25) is 0 Å². The van der Waals surface area contributed by atoms with Gasteiger partial charge in [-0.05, 0) is 25.0 Å². The number of imide groups is 1. The Kier molecular flexibility index (Phi) is 5.13. The third kappa shape index (κ3) is 3.40. The first-order chi connectivity index (χ1) is 13.6. The predicted octanol–water partition coefficient (Wildman–Crippen LogP) is 0.380. The van der Waals surface area contributed by atoms with Crippen molar-refractivity contribution in [1.29, 1.82) is 0 Å². The van der Waals surface area contributed by atoms with E-state index in [1.54, 1.807) is 29.2 Å². The van der Waals surface area contributed by atoms with E-state index in [0.717, 1.165) is 4.90 Å². The van der Waals surface area contributed by atoms with Crippen LogP contribution in [0, 0.1) is 5.92 Å². The number of morpholine rings is 1. The molecule has 1 aromatic rings. The van der Waals surface area contributed by atoms with Gasteiger partial charge >= 0.3 is 0 Å². The number of carbonyl (C=O) groups is 4. The monoisotopic (exact) mass is 385 g/mol. The van der Waals surface area contributed by atoms with E-state index < -0.39 is 11.8 Å². The van der Waals surface area contributed by atoms with E-state index in [0.29, 0.717) is 63.4 Å². The van der Waals surface area contributed by atoms with Gasteiger partial charge in [0, 0.05) is 32.1 Å². The summed E-state index contributed by atoms with van der Waals surface area (Å²) in [6, 6.07) is 6.60. The van der Waals surface area contributed by atoms with Crippen molar-refractivity contribution in [1.82, 2.24) is 14.7 Å². The Morgan fingerprint density at radius 3 is 2.04 bits per heavy atom. The first kappa shape index (κ1) is 18.6. The maximum Gasteiger partial charge on any atom is 0.262 e. The third-order valence-corrected chi connectivity index (χ3v) is 5.69. The van der Waals surface area contributed by atoms with Crippen molar-refractivity contribution in [2.45, 2.75) is 12.8 Å². The van der Waals surface area contributed by atoms with E-state index in [9.17, 15) is 19.2 Å². The highest BCUT2D eigenvalue weighted by Gasteiger charge is 2.38. The van der Waals surface area contributed by atoms with Gasteiger partial charge in [-0.2, -0.15) is 0 Å². The number of hydrogen-bond donors (Lipinski definition) is 0. The molecule has 1 aromatic carbocycles. The minimum Gasteiger partial charge on any atom is -0.378 e. The van der Waals surface area contributed by atoms with Crippen molar-refractivity contribution < 1.29 is 23.9 Å². The van der Waals surface area contributed by atoms with Crippen LogP contribution in [-0.2, 0) is 14.3 Å². The normalized spacial score (nSPS) is 20.5. The zero-order valence-corrected chi connectivity index (χ0v) is 15.6. The second-order valence-electron chi connectivity index (χ2n) is 7.33. The molecule has 8 nitrogen and oxygen atoms in total. The summed E-state index contributed by atoms with van der Waals surface area (Å²) in [5.41, 5.74) is 0.685. The van der Waals surface area contributed by atoms with Crippen molar-refractivity contribution in [2.75, 3.05) is 45.9 Å². The summed E-state index contributed by atoms with van der Waals surface area (Å²) in [6.07, 6.45) is 1.20. The Bertz CT molecular complexity index is 775. The molecular weight excluding hydrogens is 362 g/mol. The topological polar surface area (TPSA) is 87.2 Å². The smallest absolute Gasteiger partial charge is 0.262 e. The lowest BCUT2D eigenvalue weighted by atomic mass is 9.95. The second-order valence-corrected chi connectivity index (χ2v) is 7.33. The SMILES string of the molecule is O=C(CN1C(=O)c2ccccc2C1=O)N1CCC(C(=O)N2CCOCC2)CC1. The lowest BCUT2D eigenvalue weighted by Gasteiger charge is -2.35. The van der Waals surface area contributed by atoms with Gasteiger partial charge in [0.25, 0.3) is 11.8 Å². The standard InChI is InChI=1S/C20H23N3O5/c24-17(13-23-19(26)15-3-1-2-4-16(15)20(23)27)21-7-5-14(6-8-21)18(25)22-9-11-28-12-10-22/h1-4,14H,5-13H2. The lowest BCUT2D eigenvalue weighted by molar-refractivity contribution is -0.143. The molecule has 3 aliphatic heterocycles. The van der Waals surface area contributed by atoms with E-state index in [-0.39, 0.29) is 24.3 Å². The second kappa shape index (κ2) is 7.71. The number of amides is 4. The highest BCUT2D eigenvalue weighted by molar-refractivity contribution is 6.22. The predicted molar refractivity (Wildman–Crippen MR) is 98.5 cm³/mol. The number of carbonyl (C=O) groups excluding carboxylic acids is 4. The Morgan fingerprint density at radius 1 is 0.893 bits per heavy atom. The summed E-state index contributed by atoms with van der Waals surface area (Å²) in [6.45, 7) is 3.06. The molecule has 0 radical (unpaired) electrons. The van der Waals surface area contributed by atoms with E-state index in [4.69, 9.17) is 4.74 Å². The molecule has 0 atom stereocenters. The summed E-state index contributed by atoms with van der Waals surface area (Å²) < 4.78 is 5.28. The van der Waals surface area contributed by atoms with Crippen LogP contribution in [-0.4, -0.2) is 84.3 Å². The number of fused-ring (bicyclic) bond motifs is 1. The van der Waals surface area contributed by atoms with Gasteiger partial charge in [-0.1, -0.05) is 12.1 Å². The van der Waals surface area contributed by atoms with Gasteiger partial charge in [-0.15, -0.1) is 0 Å². The highest BCUT2D eigenvalue weighted by atomic mass is 16.5. The fraction of sp³-hybridized carbons (Fsp3) is 0.500. The number of likely N-dealkylation sites (tertiary alicyclic amines) is 1. The summed E-state index contributed by atoms with van der Waals surface area (Å²) in [7, 11) is 0. The molecule has 0 unspecified atom stereocenters. The minimum absolute atomic E-state index is 0.0820. The molecule has 3 heterocycles. The summed E-state index contributed by atoms with van der Waals surface area (Å²) >= 11 is 0. The van der Waals surface area contributed by atoms with Crippen LogP contribution >= 0.6 is 0 Å². The van der Waals surface area contributed by atoms with E-state index in [2.05, 4.69) is 0 Å². The van der Waals surface area contributed by atoms with Gasteiger partial charge in [0.15, 0.2) is 0 Å². The molecule has 4 amide bonds. The Labute approximate surface area is 163 Å². The first-order valence-electron chi connectivity index (χ1n) is 9.66. The van der Waals surface area contributed by atoms with Crippen LogP contribution in [0.1, 0.15) is 33.6 Å². The van der Waals surface area contributed by atoms with Gasteiger partial charge in [-0.25, -0.2) is 0 Å². The maximum atomic E-state index is 12.6. The summed E-state index contributed by atoms with van der Waals surface area (Å²) in [5.74, 6) is -1.05. The van der Waals surface area contributed by atoms with E-state index in [1.165, 1.54) is 0 Å². The molecule has 4 rings (SSSR count). The van der Waals surface area contributed by atoms with E-state index in [1.807, 2.05) is 4.90 Å². The molecule has 0 aliphatic carbocycles. The van der Waals surface area contributed by atoms with Crippen molar-refractivity contribution in [3.63, 3.8) is 0 Å². The van der Waals surface area contributed by atoms with Crippen molar-refractivity contribution >= 4 is 23.6 Å². The molecule has 0 saturated carbocycles. The average molecular weight is 385 g/mol. The van der Waals surface area contributed by atoms with Crippen molar-refractivity contribution in [3.05, 3.63) is 35.4 Å². The Hall–Kier alpha value is -2.74. The van der Waals surface area contributed by atoms with Crippen LogP contribution in [0.25, 0.3) is 0 Å². The van der Waals surface area contributed by atoms with Gasteiger partial charge in [-0.3, -0.25) is 24.1 Å². The fourth-order valence-electron chi connectivity index (χ4n) is 4.04. The molecule has 8 heteroatoms. The lowest BCUT2D eigenvalue weighted by Crippen LogP contribution is -2.49.